The highest BCUT2D eigenvalue weighted by atomic mass is 35.5. The van der Waals surface area contributed by atoms with E-state index in [2.05, 4.69) is 0 Å². The molecular formula is C14H10Cl2O2. The number of ketones is 1. The quantitative estimate of drug-likeness (QED) is 0.871. The minimum absolute atomic E-state index is 0.205. The molecule has 0 spiro atoms. The summed E-state index contributed by atoms with van der Waals surface area (Å²) in [6.45, 7) is -0.210. The Balaban J connectivity index is 2.48. The Morgan fingerprint density at radius 1 is 1.06 bits per heavy atom. The highest BCUT2D eigenvalue weighted by molar-refractivity contribution is 6.32. The maximum Gasteiger partial charge on any atom is 0.193 e. The van der Waals surface area contributed by atoms with Gasteiger partial charge in [0.25, 0.3) is 0 Å². The van der Waals surface area contributed by atoms with Crippen LogP contribution in [0.15, 0.2) is 42.5 Å². The van der Waals surface area contributed by atoms with Gasteiger partial charge in [0.05, 0.1) is 6.61 Å². The molecule has 0 fully saturated rings. The molecule has 0 heterocycles. The number of aliphatic hydroxyl groups excluding tert-OH is 1. The number of hydrogen-bond acceptors (Lipinski definition) is 2. The number of carbonyl (C=O) groups excluding carboxylic acids is 1. The van der Waals surface area contributed by atoms with E-state index in [1.54, 1.807) is 42.5 Å². The molecule has 0 aliphatic rings. The standard InChI is InChI=1S/C14H10Cl2O2/c15-11-3-1-2-9(6-11)14(18)13-7-12(16)5-4-10(13)8-17/h1-7,17H,8H2. The van der Waals surface area contributed by atoms with Crippen LogP contribution in [0.3, 0.4) is 0 Å². The van der Waals surface area contributed by atoms with Gasteiger partial charge in [0.15, 0.2) is 5.78 Å². The van der Waals surface area contributed by atoms with Crippen molar-refractivity contribution >= 4 is 29.0 Å². The number of benzene rings is 2. The van der Waals surface area contributed by atoms with E-state index >= 15 is 0 Å². The molecule has 0 saturated heterocycles. The van der Waals surface area contributed by atoms with Gasteiger partial charge in [-0.1, -0.05) is 41.4 Å². The van der Waals surface area contributed by atoms with Gasteiger partial charge in [-0.2, -0.15) is 0 Å². The van der Waals surface area contributed by atoms with E-state index in [9.17, 15) is 9.90 Å². The molecule has 0 bridgehead atoms. The smallest absolute Gasteiger partial charge is 0.193 e. The Bertz CT molecular complexity index is 594. The number of carbonyl (C=O) groups is 1. The Kier molecular flexibility index (Phi) is 4.02. The highest BCUT2D eigenvalue weighted by Gasteiger charge is 2.14. The van der Waals surface area contributed by atoms with Crippen LogP contribution in [0.5, 0.6) is 0 Å². The van der Waals surface area contributed by atoms with Crippen molar-refractivity contribution in [2.45, 2.75) is 6.61 Å². The second-order valence-corrected chi connectivity index (χ2v) is 4.67. The van der Waals surface area contributed by atoms with Crippen LogP contribution >= 0.6 is 23.2 Å². The van der Waals surface area contributed by atoms with Gasteiger partial charge >= 0.3 is 0 Å². The summed E-state index contributed by atoms with van der Waals surface area (Å²) in [7, 11) is 0. The summed E-state index contributed by atoms with van der Waals surface area (Å²) in [6, 6.07) is 11.5. The first-order valence-electron chi connectivity index (χ1n) is 5.31. The lowest BCUT2D eigenvalue weighted by Gasteiger charge is -2.07. The lowest BCUT2D eigenvalue weighted by atomic mass is 9.99. The molecule has 1 N–H and O–H groups in total. The van der Waals surface area contributed by atoms with Crippen LogP contribution in [0.2, 0.25) is 10.0 Å². The fourth-order valence-electron chi connectivity index (χ4n) is 1.68. The topological polar surface area (TPSA) is 37.3 Å². The second kappa shape index (κ2) is 5.53. The first kappa shape index (κ1) is 13.1. The minimum Gasteiger partial charge on any atom is -0.392 e. The summed E-state index contributed by atoms with van der Waals surface area (Å²) < 4.78 is 0. The third kappa shape index (κ3) is 2.72. The Morgan fingerprint density at radius 3 is 2.44 bits per heavy atom. The molecule has 0 aliphatic carbocycles. The normalized spacial score (nSPS) is 10.4. The van der Waals surface area contributed by atoms with E-state index < -0.39 is 0 Å². The molecule has 2 nitrogen and oxygen atoms in total. The van der Waals surface area contributed by atoms with E-state index in [0.717, 1.165) is 0 Å². The molecule has 0 aliphatic heterocycles. The zero-order valence-corrected chi connectivity index (χ0v) is 10.9. The fraction of sp³-hybridized carbons (Fsp3) is 0.0714. The molecule has 0 aromatic heterocycles. The Hall–Kier alpha value is -1.35. The van der Waals surface area contributed by atoms with Crippen molar-refractivity contribution in [2.75, 3.05) is 0 Å². The lowest BCUT2D eigenvalue weighted by Crippen LogP contribution is -2.05. The Labute approximate surface area is 115 Å². The zero-order chi connectivity index (χ0) is 13.1. The summed E-state index contributed by atoms with van der Waals surface area (Å²) in [6.07, 6.45) is 0. The maximum atomic E-state index is 12.3. The summed E-state index contributed by atoms with van der Waals surface area (Å²) in [5.74, 6) is -0.205. The van der Waals surface area contributed by atoms with Crippen LogP contribution in [0.25, 0.3) is 0 Å². The van der Waals surface area contributed by atoms with Crippen molar-refractivity contribution in [3.05, 3.63) is 69.2 Å². The molecule has 0 radical (unpaired) electrons. The van der Waals surface area contributed by atoms with Crippen molar-refractivity contribution in [2.24, 2.45) is 0 Å². The van der Waals surface area contributed by atoms with Crippen LogP contribution in [-0.4, -0.2) is 10.9 Å². The van der Waals surface area contributed by atoms with Crippen molar-refractivity contribution in [3.63, 3.8) is 0 Å². The monoisotopic (exact) mass is 280 g/mol. The number of hydrogen-bond donors (Lipinski definition) is 1. The van der Waals surface area contributed by atoms with Gasteiger partial charge in [-0.05, 0) is 29.8 Å². The third-order valence-corrected chi connectivity index (χ3v) is 3.04. The summed E-state index contributed by atoms with van der Waals surface area (Å²) in [5, 5.41) is 10.2. The predicted molar refractivity (Wildman–Crippen MR) is 72.3 cm³/mol. The second-order valence-electron chi connectivity index (χ2n) is 3.80. The average molecular weight is 281 g/mol. The van der Waals surface area contributed by atoms with E-state index in [1.165, 1.54) is 0 Å². The van der Waals surface area contributed by atoms with Gasteiger partial charge in [-0.3, -0.25) is 4.79 Å². The van der Waals surface area contributed by atoms with Gasteiger partial charge < -0.3 is 5.11 Å². The SMILES string of the molecule is O=C(c1cccc(Cl)c1)c1cc(Cl)ccc1CO. The van der Waals surface area contributed by atoms with Crippen LogP contribution < -0.4 is 0 Å². The van der Waals surface area contributed by atoms with Crippen molar-refractivity contribution in [1.29, 1.82) is 0 Å². The molecule has 2 aromatic rings. The van der Waals surface area contributed by atoms with Gasteiger partial charge in [0, 0.05) is 21.2 Å². The molecule has 0 unspecified atom stereocenters. The molecule has 18 heavy (non-hydrogen) atoms. The highest BCUT2D eigenvalue weighted by Crippen LogP contribution is 2.21. The molecule has 0 saturated carbocycles. The van der Waals surface area contributed by atoms with Crippen LogP contribution in [0.1, 0.15) is 21.5 Å². The summed E-state index contributed by atoms with van der Waals surface area (Å²) in [4.78, 5) is 12.3. The predicted octanol–water partition coefficient (Wildman–Crippen LogP) is 3.72. The van der Waals surface area contributed by atoms with Gasteiger partial charge in [0.1, 0.15) is 0 Å². The molecule has 0 atom stereocenters. The number of aliphatic hydroxyl groups is 1. The van der Waals surface area contributed by atoms with Crippen molar-refractivity contribution in [1.82, 2.24) is 0 Å². The molecular weight excluding hydrogens is 271 g/mol. The zero-order valence-electron chi connectivity index (χ0n) is 9.36. The first-order valence-corrected chi connectivity index (χ1v) is 6.07. The maximum absolute atomic E-state index is 12.3. The van der Waals surface area contributed by atoms with Crippen LogP contribution in [0.4, 0.5) is 0 Å². The summed E-state index contributed by atoms with van der Waals surface area (Å²) >= 11 is 11.7. The average Bonchev–Trinajstić information content (AvgIpc) is 2.38. The van der Waals surface area contributed by atoms with Crippen LogP contribution in [-0.2, 0) is 6.61 Å². The fourth-order valence-corrected chi connectivity index (χ4v) is 2.05. The number of halogens is 2. The minimum atomic E-state index is -0.210. The molecule has 4 heteroatoms. The van der Waals surface area contributed by atoms with E-state index in [-0.39, 0.29) is 12.4 Å². The number of rotatable bonds is 3. The van der Waals surface area contributed by atoms with E-state index in [1.807, 2.05) is 0 Å². The third-order valence-electron chi connectivity index (χ3n) is 2.57. The van der Waals surface area contributed by atoms with Gasteiger partial charge in [-0.25, -0.2) is 0 Å². The van der Waals surface area contributed by atoms with Gasteiger partial charge in [-0.15, -0.1) is 0 Å². The van der Waals surface area contributed by atoms with E-state index in [4.69, 9.17) is 23.2 Å². The van der Waals surface area contributed by atoms with E-state index in [0.29, 0.717) is 26.7 Å². The Morgan fingerprint density at radius 2 is 1.78 bits per heavy atom. The van der Waals surface area contributed by atoms with Crippen molar-refractivity contribution in [3.8, 4) is 0 Å². The summed E-state index contributed by atoms with van der Waals surface area (Å²) in [5.41, 5.74) is 1.41. The largest absolute Gasteiger partial charge is 0.392 e. The first-order chi connectivity index (χ1) is 8.61. The molecule has 2 aromatic carbocycles. The molecule has 2 rings (SSSR count). The molecule has 92 valence electrons. The molecule has 0 amide bonds. The van der Waals surface area contributed by atoms with Crippen LogP contribution in [0, 0.1) is 0 Å². The van der Waals surface area contributed by atoms with Crippen molar-refractivity contribution < 1.29 is 9.90 Å². The lowest BCUT2D eigenvalue weighted by molar-refractivity contribution is 0.103. The van der Waals surface area contributed by atoms with Gasteiger partial charge in [0.2, 0.25) is 0 Å².